The molecular weight excluding hydrogens is 227 g/mol. The third kappa shape index (κ3) is 2.67. The van der Waals surface area contributed by atoms with E-state index in [1.165, 1.54) is 0 Å². The molecule has 17 heavy (non-hydrogen) atoms. The first-order chi connectivity index (χ1) is 8.19. The van der Waals surface area contributed by atoms with E-state index in [4.69, 9.17) is 10.3 Å². The number of rotatable bonds is 4. The van der Waals surface area contributed by atoms with Gasteiger partial charge in [-0.25, -0.2) is 20.2 Å². The molecule has 0 unspecified atom stereocenters. The van der Waals surface area contributed by atoms with E-state index in [-0.39, 0.29) is 18.3 Å². The largest absolute Gasteiger partial charge is 0.444 e. The Kier molecular flexibility index (Phi) is 3.15. The predicted octanol–water partition coefficient (Wildman–Crippen LogP) is 0.810. The molecule has 90 valence electrons. The molecule has 0 bridgehead atoms. The number of nitrogens with two attached hydrogens (primary N) is 1. The first-order valence-corrected chi connectivity index (χ1v) is 4.83. The zero-order chi connectivity index (χ0) is 12.3. The Balaban J connectivity index is 2.07. The highest BCUT2D eigenvalue weighted by molar-refractivity contribution is 5.40. The maximum absolute atomic E-state index is 13.3. The lowest BCUT2D eigenvalue weighted by atomic mass is 10.5. The molecule has 2 rings (SSSR count). The second-order valence-corrected chi connectivity index (χ2v) is 3.25. The Morgan fingerprint density at radius 2 is 2.24 bits per heavy atom. The Labute approximate surface area is 96.2 Å². The van der Waals surface area contributed by atoms with Crippen LogP contribution in [0.3, 0.4) is 0 Å². The molecule has 0 atom stereocenters. The molecule has 2 aromatic rings. The number of nitrogens with one attached hydrogen (secondary N) is 2. The molecule has 0 saturated heterocycles. The van der Waals surface area contributed by atoms with Crippen molar-refractivity contribution in [2.24, 2.45) is 5.84 Å². The number of hydrogen-bond acceptors (Lipinski definition) is 7. The van der Waals surface area contributed by atoms with Gasteiger partial charge in [-0.3, -0.25) is 5.43 Å². The van der Waals surface area contributed by atoms with Gasteiger partial charge in [0.25, 0.3) is 0 Å². The summed E-state index contributed by atoms with van der Waals surface area (Å²) >= 11 is 0. The van der Waals surface area contributed by atoms with E-state index in [9.17, 15) is 4.39 Å². The van der Waals surface area contributed by atoms with E-state index in [0.29, 0.717) is 11.7 Å². The van der Waals surface area contributed by atoms with Crippen LogP contribution < -0.4 is 16.6 Å². The Bertz CT molecular complexity index is 514. The number of nitrogens with zero attached hydrogens (tertiary/aromatic N) is 3. The van der Waals surface area contributed by atoms with Gasteiger partial charge in [0.2, 0.25) is 11.8 Å². The van der Waals surface area contributed by atoms with E-state index >= 15 is 0 Å². The Morgan fingerprint density at radius 3 is 2.88 bits per heavy atom. The van der Waals surface area contributed by atoms with Gasteiger partial charge in [0.05, 0.1) is 18.9 Å². The van der Waals surface area contributed by atoms with Crippen LogP contribution in [0.2, 0.25) is 0 Å². The molecule has 0 aliphatic carbocycles. The fourth-order valence-electron chi connectivity index (χ4n) is 1.20. The molecule has 8 heteroatoms. The summed E-state index contributed by atoms with van der Waals surface area (Å²) in [6.45, 7) is 2.00. The zero-order valence-electron chi connectivity index (χ0n) is 9.07. The van der Waals surface area contributed by atoms with Crippen molar-refractivity contribution in [3.05, 3.63) is 29.9 Å². The first-order valence-electron chi connectivity index (χ1n) is 4.83. The van der Waals surface area contributed by atoms with Gasteiger partial charge < -0.3 is 9.73 Å². The van der Waals surface area contributed by atoms with Crippen molar-refractivity contribution in [1.82, 2.24) is 15.0 Å². The number of nitrogen functional groups attached to an aromatic ring is 1. The number of hydrazine groups is 1. The van der Waals surface area contributed by atoms with Gasteiger partial charge in [-0.15, -0.1) is 0 Å². The standard InChI is InChI=1S/C9H11FN6O/c1-5-2-12-7(17-5)4-13-8-6(10)3-14-9(15-8)16-11/h2-3H,4,11H2,1H3,(H2,13,14,15,16). The SMILES string of the molecule is Cc1cnc(CNc2nc(NN)ncc2F)o1. The van der Waals surface area contributed by atoms with Gasteiger partial charge in [-0.1, -0.05) is 0 Å². The molecule has 0 aliphatic heterocycles. The quantitative estimate of drug-likeness (QED) is 0.535. The molecule has 0 saturated carbocycles. The Morgan fingerprint density at radius 1 is 1.41 bits per heavy atom. The summed E-state index contributed by atoms with van der Waals surface area (Å²) in [6.07, 6.45) is 2.60. The number of anilines is 2. The average molecular weight is 238 g/mol. The van der Waals surface area contributed by atoms with Gasteiger partial charge in [0.1, 0.15) is 5.76 Å². The van der Waals surface area contributed by atoms with Gasteiger partial charge in [0.15, 0.2) is 11.6 Å². The molecule has 0 spiro atoms. The minimum atomic E-state index is -0.577. The van der Waals surface area contributed by atoms with Crippen LogP contribution in [0.4, 0.5) is 16.2 Å². The molecule has 2 heterocycles. The van der Waals surface area contributed by atoms with Gasteiger partial charge in [0, 0.05) is 0 Å². The number of halogens is 1. The third-order valence-corrected chi connectivity index (χ3v) is 1.95. The molecule has 2 aromatic heterocycles. The lowest BCUT2D eigenvalue weighted by Crippen LogP contribution is -2.13. The monoisotopic (exact) mass is 238 g/mol. The van der Waals surface area contributed by atoms with Gasteiger partial charge >= 0.3 is 0 Å². The van der Waals surface area contributed by atoms with Crippen molar-refractivity contribution < 1.29 is 8.81 Å². The van der Waals surface area contributed by atoms with Crippen molar-refractivity contribution in [3.63, 3.8) is 0 Å². The molecule has 0 radical (unpaired) electrons. The highest BCUT2D eigenvalue weighted by Gasteiger charge is 2.07. The number of oxazole rings is 1. The van der Waals surface area contributed by atoms with Crippen molar-refractivity contribution in [2.75, 3.05) is 10.7 Å². The van der Waals surface area contributed by atoms with Crippen molar-refractivity contribution >= 4 is 11.8 Å². The topological polar surface area (TPSA) is 102 Å². The summed E-state index contributed by atoms with van der Waals surface area (Å²) in [5.74, 6) is 5.84. The van der Waals surface area contributed by atoms with Crippen LogP contribution >= 0.6 is 0 Å². The zero-order valence-corrected chi connectivity index (χ0v) is 9.07. The molecular formula is C9H11FN6O. The average Bonchev–Trinajstić information content (AvgIpc) is 2.74. The van der Waals surface area contributed by atoms with E-state index in [0.717, 1.165) is 6.20 Å². The lowest BCUT2D eigenvalue weighted by molar-refractivity contribution is 0.478. The predicted molar refractivity (Wildman–Crippen MR) is 58.4 cm³/mol. The van der Waals surface area contributed by atoms with E-state index < -0.39 is 5.82 Å². The first kappa shape index (κ1) is 11.3. The summed E-state index contributed by atoms with van der Waals surface area (Å²) in [7, 11) is 0. The molecule has 4 N–H and O–H groups in total. The normalized spacial score (nSPS) is 10.3. The maximum Gasteiger partial charge on any atom is 0.239 e. The van der Waals surface area contributed by atoms with E-state index in [1.54, 1.807) is 13.1 Å². The van der Waals surface area contributed by atoms with Crippen LogP contribution in [0.1, 0.15) is 11.7 Å². The lowest BCUT2D eigenvalue weighted by Gasteiger charge is -2.05. The van der Waals surface area contributed by atoms with Crippen LogP contribution in [-0.2, 0) is 6.54 Å². The number of aromatic nitrogens is 3. The number of aryl methyl sites for hydroxylation is 1. The van der Waals surface area contributed by atoms with Crippen LogP contribution in [0, 0.1) is 12.7 Å². The van der Waals surface area contributed by atoms with Crippen molar-refractivity contribution in [3.8, 4) is 0 Å². The van der Waals surface area contributed by atoms with Crippen molar-refractivity contribution in [2.45, 2.75) is 13.5 Å². The van der Waals surface area contributed by atoms with E-state index in [2.05, 4.69) is 25.7 Å². The summed E-state index contributed by atoms with van der Waals surface area (Å²) in [6, 6.07) is 0. The smallest absolute Gasteiger partial charge is 0.239 e. The number of hydrogen-bond donors (Lipinski definition) is 3. The van der Waals surface area contributed by atoms with Crippen molar-refractivity contribution in [1.29, 1.82) is 0 Å². The highest BCUT2D eigenvalue weighted by Crippen LogP contribution is 2.12. The van der Waals surface area contributed by atoms with E-state index in [1.807, 2.05) is 0 Å². The Hall–Kier alpha value is -2.22. The second kappa shape index (κ2) is 4.74. The summed E-state index contributed by atoms with van der Waals surface area (Å²) < 4.78 is 18.5. The summed E-state index contributed by atoms with van der Waals surface area (Å²) in [4.78, 5) is 11.4. The summed E-state index contributed by atoms with van der Waals surface area (Å²) in [5, 5.41) is 2.74. The molecule has 0 aliphatic rings. The summed E-state index contributed by atoms with van der Waals surface area (Å²) in [5.41, 5.74) is 2.23. The molecule has 0 aromatic carbocycles. The molecule has 7 nitrogen and oxygen atoms in total. The van der Waals surface area contributed by atoms with Crippen LogP contribution in [0.15, 0.2) is 16.8 Å². The van der Waals surface area contributed by atoms with Gasteiger partial charge in [-0.05, 0) is 6.92 Å². The fraction of sp³-hybridized carbons (Fsp3) is 0.222. The maximum atomic E-state index is 13.3. The van der Waals surface area contributed by atoms with Gasteiger partial charge in [-0.2, -0.15) is 4.98 Å². The molecule has 0 amide bonds. The molecule has 0 fully saturated rings. The van der Waals surface area contributed by atoms with Crippen LogP contribution in [-0.4, -0.2) is 15.0 Å². The fourth-order valence-corrected chi connectivity index (χ4v) is 1.20. The highest BCUT2D eigenvalue weighted by atomic mass is 19.1. The minimum Gasteiger partial charge on any atom is -0.444 e. The second-order valence-electron chi connectivity index (χ2n) is 3.25. The van der Waals surface area contributed by atoms with Crippen LogP contribution in [0.5, 0.6) is 0 Å². The van der Waals surface area contributed by atoms with Crippen LogP contribution in [0.25, 0.3) is 0 Å². The third-order valence-electron chi connectivity index (χ3n) is 1.95. The minimum absolute atomic E-state index is 0.0313.